The first-order valence-electron chi connectivity index (χ1n) is 32.0. The van der Waals surface area contributed by atoms with Gasteiger partial charge in [-0.2, -0.15) is 0 Å². The summed E-state index contributed by atoms with van der Waals surface area (Å²) in [4.78, 5) is 0. The third-order valence-electron chi connectivity index (χ3n) is 19.0. The Labute approximate surface area is 565 Å². The third kappa shape index (κ3) is 17.0. The van der Waals surface area contributed by atoms with E-state index in [-0.39, 0.29) is 0 Å². The van der Waals surface area contributed by atoms with Gasteiger partial charge in [-0.3, -0.25) is 0 Å². The summed E-state index contributed by atoms with van der Waals surface area (Å²) in [5.74, 6) is 0. The molecule has 0 aliphatic carbocycles. The fourth-order valence-electron chi connectivity index (χ4n) is 12.9. The van der Waals surface area contributed by atoms with Gasteiger partial charge in [0.15, 0.2) is 50.3 Å². The summed E-state index contributed by atoms with van der Waals surface area (Å²) >= 11 is 0. The number of aliphatic hydroxyl groups is 28. The van der Waals surface area contributed by atoms with Crippen LogP contribution in [0.3, 0.4) is 0 Å². The maximum Gasteiger partial charge on any atom is 0.187 e. The van der Waals surface area contributed by atoms with E-state index in [0.717, 1.165) is 0 Å². The van der Waals surface area contributed by atoms with Crippen LogP contribution >= 0.6 is 0 Å². The zero-order valence-corrected chi connectivity index (χ0v) is 52.8. The summed E-state index contributed by atoms with van der Waals surface area (Å²) in [6.07, 6.45) is -91.2. The van der Waals surface area contributed by atoms with Crippen molar-refractivity contribution in [1.29, 1.82) is 0 Å². The lowest BCUT2D eigenvalue weighted by molar-refractivity contribution is -0.401. The Morgan fingerprint density at radius 3 is 0.720 bits per heavy atom. The second-order valence-corrected chi connectivity index (χ2v) is 25.6. The Morgan fingerprint density at radius 2 is 0.410 bits per heavy atom. The smallest absolute Gasteiger partial charge is 0.187 e. The molecule has 18 unspecified atom stereocenters. The van der Waals surface area contributed by atoms with E-state index < -0.39 is 336 Å². The highest BCUT2D eigenvalue weighted by Gasteiger charge is 2.60. The Balaban J connectivity index is 0.987. The lowest BCUT2D eigenvalue weighted by Gasteiger charge is -2.50. The molecule has 45 atom stereocenters. The van der Waals surface area contributed by atoms with Crippen LogP contribution in [0.25, 0.3) is 0 Å². The van der Waals surface area contributed by atoms with Crippen LogP contribution in [0.15, 0.2) is 0 Å². The molecule has 0 saturated carbocycles. The van der Waals surface area contributed by atoms with Crippen molar-refractivity contribution < 1.29 is 224 Å². The van der Waals surface area contributed by atoms with E-state index in [9.17, 15) is 143 Å². The lowest BCUT2D eigenvalue weighted by atomic mass is 9.94. The predicted octanol–water partition coefficient (Wildman–Crippen LogP) is -19.6. The topological polar surface area (TPSA) is 723 Å². The highest BCUT2D eigenvalue weighted by atomic mass is 16.8. The molecule has 9 saturated heterocycles. The zero-order chi connectivity index (χ0) is 73.4. The number of rotatable bonds is 25. The SMILES string of the molecule is C[C@@H]1OC(CO[C@H]2OC(CO[C@H]3OC(CO)[C@@H](O)[C@H](O)C3O[C@H]3OC(CO)[C@@H](O)[C@H](O)C3O)[C@@H](O)[C@H](O[C@H]3O[C@@H](CO)[C@@H](O)C(O)C3O[C@H]3O[C@@H](CO)[C@@H](O)C(O)C3O)C2O)[C@@H](O)[C@H](O[C@H]2O[C@@H](CO)[C@@H](O)C(O)C2O[C@H]2O[C@@H](CO)[C@@H](O)C(O)C2O[C@H]2O[C@@H](CO)[C@@H](O)C(O)C2O)C1O. The van der Waals surface area contributed by atoms with Crippen LogP contribution in [0, 0.1) is 0 Å². The van der Waals surface area contributed by atoms with Crippen molar-refractivity contribution in [2.24, 2.45) is 0 Å². The molecule has 100 heavy (non-hydrogen) atoms. The van der Waals surface area contributed by atoms with Crippen molar-refractivity contribution in [3.05, 3.63) is 0 Å². The second kappa shape index (κ2) is 35.5. The maximum absolute atomic E-state index is 12.2. The minimum absolute atomic E-state index is 0.953. The summed E-state index contributed by atoms with van der Waals surface area (Å²) < 4.78 is 98.4. The standard InChI is InChI=1S/C55H94O45/c1-11-21(63)42(95-54-47(37(79)28(70)17(7-61)92-54)100-55-46(36(78)27(69)18(8-62)93-55)99-51-40(82)33(75)24(66)14(4-58)89-51)29(71)19(86-11)9-84-48-41(83)43(96-53-45(35(77)26(68)16(6-60)91-53)98-50-39(81)32(74)23(65)13(3-57)88-50)30(72)20(94-48)10-85-52-44(34(76)25(67)15(5-59)90-52)97-49-38(80)31(73)22(64)12(2-56)87-49/h11-83H,2-10H2,1H3/t11-,12?,13-,14-,15?,16-,17-,18-,19?,20?,21?,22+,23+,24+,25+,26+,27+,28+,29+,30+,31-,32?,33?,34-,35?,36?,37?,38?,39?,40?,41?,42+,43-,44?,45?,46?,47?,48-,49+,50+,51+,52-,53+,54+,55+/m0/s1. The molecular formula is C55H94O45. The van der Waals surface area contributed by atoms with Crippen LogP contribution in [0.4, 0.5) is 0 Å². The molecule has 9 fully saturated rings. The molecular weight excluding hydrogens is 1380 g/mol. The molecule has 9 aliphatic rings. The summed E-state index contributed by atoms with van der Waals surface area (Å²) in [6, 6.07) is 0. The van der Waals surface area contributed by atoms with Gasteiger partial charge in [0.25, 0.3) is 0 Å². The minimum atomic E-state index is -2.38. The van der Waals surface area contributed by atoms with Gasteiger partial charge in [-0.1, -0.05) is 0 Å². The zero-order valence-electron chi connectivity index (χ0n) is 52.8. The van der Waals surface area contributed by atoms with Gasteiger partial charge >= 0.3 is 0 Å². The Kier molecular flexibility index (Phi) is 29.2. The Hall–Kier alpha value is -1.80. The van der Waals surface area contributed by atoms with Gasteiger partial charge in [-0.25, -0.2) is 0 Å². The quantitative estimate of drug-likeness (QED) is 0.0404. The van der Waals surface area contributed by atoms with Crippen LogP contribution in [0.2, 0.25) is 0 Å². The maximum atomic E-state index is 12.2. The van der Waals surface area contributed by atoms with E-state index in [1.165, 1.54) is 6.92 Å². The van der Waals surface area contributed by atoms with E-state index in [4.69, 9.17) is 80.5 Å². The molecule has 0 radical (unpaired) electrons. The van der Waals surface area contributed by atoms with Crippen molar-refractivity contribution >= 4 is 0 Å². The van der Waals surface area contributed by atoms with Gasteiger partial charge in [-0.15, -0.1) is 0 Å². The van der Waals surface area contributed by atoms with Crippen LogP contribution in [0.5, 0.6) is 0 Å². The van der Waals surface area contributed by atoms with Gasteiger partial charge in [-0.05, 0) is 6.92 Å². The van der Waals surface area contributed by atoms with E-state index in [1.54, 1.807) is 0 Å². The molecule has 45 heteroatoms. The van der Waals surface area contributed by atoms with Gasteiger partial charge in [0.2, 0.25) is 0 Å². The van der Waals surface area contributed by atoms with Crippen LogP contribution in [-0.4, -0.2) is 479 Å². The molecule has 0 bridgehead atoms. The van der Waals surface area contributed by atoms with Crippen LogP contribution < -0.4 is 0 Å². The summed E-state index contributed by atoms with van der Waals surface area (Å²) in [7, 11) is 0. The summed E-state index contributed by atoms with van der Waals surface area (Å²) in [6.45, 7) is -7.93. The van der Waals surface area contributed by atoms with Crippen LogP contribution in [-0.2, 0) is 80.5 Å². The van der Waals surface area contributed by atoms with Crippen LogP contribution in [0.1, 0.15) is 6.92 Å². The first-order valence-corrected chi connectivity index (χ1v) is 32.0. The first-order chi connectivity index (χ1) is 47.4. The third-order valence-corrected chi connectivity index (χ3v) is 19.0. The number of hydrogen-bond acceptors (Lipinski definition) is 45. The van der Waals surface area contributed by atoms with Crippen molar-refractivity contribution in [2.75, 3.05) is 59.5 Å². The molecule has 0 aromatic carbocycles. The summed E-state index contributed by atoms with van der Waals surface area (Å²) in [5, 5.41) is 304. The molecule has 0 amide bonds. The fourth-order valence-corrected chi connectivity index (χ4v) is 12.9. The first kappa shape index (κ1) is 82.3. The molecule has 9 aliphatic heterocycles. The van der Waals surface area contributed by atoms with Gasteiger partial charge in [0.05, 0.1) is 65.6 Å². The molecule has 45 nitrogen and oxygen atoms in total. The average molecular weight is 1480 g/mol. The molecule has 28 N–H and O–H groups in total. The van der Waals surface area contributed by atoms with Crippen molar-refractivity contribution in [3.8, 4) is 0 Å². The largest absolute Gasteiger partial charge is 0.394 e. The van der Waals surface area contributed by atoms with Crippen molar-refractivity contribution in [2.45, 2.75) is 283 Å². The molecule has 0 aromatic rings. The van der Waals surface area contributed by atoms with Gasteiger partial charge < -0.3 is 224 Å². The predicted molar refractivity (Wildman–Crippen MR) is 301 cm³/mol. The molecule has 0 aromatic heterocycles. The molecule has 9 heterocycles. The monoisotopic (exact) mass is 1470 g/mol. The van der Waals surface area contributed by atoms with E-state index >= 15 is 0 Å². The highest BCUT2D eigenvalue weighted by Crippen LogP contribution is 2.39. The molecule has 584 valence electrons. The lowest BCUT2D eigenvalue weighted by Crippen LogP contribution is -2.68. The second-order valence-electron chi connectivity index (χ2n) is 25.6. The normalized spacial score (nSPS) is 53.7. The minimum Gasteiger partial charge on any atom is -0.394 e. The van der Waals surface area contributed by atoms with Crippen molar-refractivity contribution in [3.63, 3.8) is 0 Å². The van der Waals surface area contributed by atoms with E-state index in [1.807, 2.05) is 0 Å². The Morgan fingerprint density at radius 1 is 0.190 bits per heavy atom. The average Bonchev–Trinajstić information content (AvgIpc) is 0.777. The molecule has 0 spiro atoms. The van der Waals surface area contributed by atoms with Gasteiger partial charge in [0, 0.05) is 0 Å². The van der Waals surface area contributed by atoms with E-state index in [0.29, 0.717) is 0 Å². The summed E-state index contributed by atoms with van der Waals surface area (Å²) in [5.41, 5.74) is 0. The Bertz CT molecular complexity index is 2450. The highest BCUT2D eigenvalue weighted by molar-refractivity contribution is 5.02. The number of hydrogen-bond donors (Lipinski definition) is 28. The van der Waals surface area contributed by atoms with E-state index in [2.05, 4.69) is 0 Å². The fraction of sp³-hybridized carbons (Fsp3) is 1.00. The number of ether oxygens (including phenoxy) is 17. The van der Waals surface area contributed by atoms with Gasteiger partial charge in [0.1, 0.15) is 220 Å². The molecule has 9 rings (SSSR count). The number of aliphatic hydroxyl groups excluding tert-OH is 28. The van der Waals surface area contributed by atoms with Crippen molar-refractivity contribution in [1.82, 2.24) is 0 Å².